The summed E-state index contributed by atoms with van der Waals surface area (Å²) in [5.74, 6) is 0. The standard InChI is InChI=1S/C9H7.C5H5/c1-2-5-9-7-3-6-8(9)4-1;1-2-4-5-3-1/h1-7H;1-3H,4H2. The van der Waals surface area contributed by atoms with Crippen molar-refractivity contribution in [2.45, 2.75) is 6.42 Å². The quantitative estimate of drug-likeness (QED) is 0.572. The fourth-order valence-corrected chi connectivity index (χ4v) is 1.41. The van der Waals surface area contributed by atoms with Crippen LogP contribution < -0.4 is 0 Å². The van der Waals surface area contributed by atoms with Crippen molar-refractivity contribution in [1.29, 1.82) is 0 Å². The van der Waals surface area contributed by atoms with Gasteiger partial charge in [-0.2, -0.15) is 0 Å². The van der Waals surface area contributed by atoms with E-state index in [1.165, 1.54) is 11.1 Å². The lowest BCUT2D eigenvalue weighted by Gasteiger charge is -1.92. The van der Waals surface area contributed by atoms with Crippen molar-refractivity contribution < 1.29 is 0 Å². The van der Waals surface area contributed by atoms with Crippen LogP contribution in [0, 0.1) is 12.5 Å². The Morgan fingerprint density at radius 2 is 1.86 bits per heavy atom. The zero-order chi connectivity index (χ0) is 9.64. The van der Waals surface area contributed by atoms with Crippen molar-refractivity contribution in [3.63, 3.8) is 0 Å². The van der Waals surface area contributed by atoms with Gasteiger partial charge >= 0.3 is 0 Å². The van der Waals surface area contributed by atoms with E-state index < -0.39 is 0 Å². The highest BCUT2D eigenvalue weighted by Gasteiger charge is 2.00. The van der Waals surface area contributed by atoms with Gasteiger partial charge in [-0.3, -0.25) is 0 Å². The Labute approximate surface area is 85.3 Å². The maximum atomic E-state index is 2.99. The molecule has 2 aliphatic rings. The van der Waals surface area contributed by atoms with Gasteiger partial charge in [0.15, 0.2) is 0 Å². The van der Waals surface area contributed by atoms with E-state index in [1.54, 1.807) is 0 Å². The van der Waals surface area contributed by atoms with E-state index in [0.29, 0.717) is 0 Å². The van der Waals surface area contributed by atoms with E-state index in [0.717, 1.165) is 6.42 Å². The van der Waals surface area contributed by atoms with Gasteiger partial charge in [0.2, 0.25) is 0 Å². The van der Waals surface area contributed by atoms with Crippen molar-refractivity contribution in [3.8, 4) is 0 Å². The van der Waals surface area contributed by atoms with Crippen molar-refractivity contribution in [1.82, 2.24) is 0 Å². The third kappa shape index (κ3) is 2.23. The molecule has 68 valence electrons. The summed E-state index contributed by atoms with van der Waals surface area (Å²) in [5, 5.41) is 0. The molecule has 0 heterocycles. The lowest BCUT2D eigenvalue weighted by Crippen LogP contribution is -1.74. The molecule has 0 aromatic heterocycles. The van der Waals surface area contributed by atoms with E-state index in [9.17, 15) is 0 Å². The Balaban J connectivity index is 0.000000128. The smallest absolute Gasteiger partial charge is 0.0131 e. The predicted octanol–water partition coefficient (Wildman–Crippen LogP) is 3.57. The minimum atomic E-state index is 1.01. The van der Waals surface area contributed by atoms with Gasteiger partial charge in [-0.15, -0.1) is 0 Å². The van der Waals surface area contributed by atoms with Gasteiger partial charge in [0.1, 0.15) is 0 Å². The van der Waals surface area contributed by atoms with Crippen LogP contribution in [0.3, 0.4) is 0 Å². The van der Waals surface area contributed by atoms with Gasteiger partial charge in [0.05, 0.1) is 0 Å². The SMILES string of the molecule is [CH]1C=Cc2ccccc21.[C]1=CC=CC1. The molecule has 0 saturated heterocycles. The Kier molecular flexibility index (Phi) is 2.97. The maximum absolute atomic E-state index is 2.99. The number of rotatable bonds is 0. The van der Waals surface area contributed by atoms with Crippen LogP contribution in [-0.4, -0.2) is 0 Å². The van der Waals surface area contributed by atoms with Gasteiger partial charge < -0.3 is 0 Å². The summed E-state index contributed by atoms with van der Waals surface area (Å²) in [6.07, 6.45) is 16.3. The highest BCUT2D eigenvalue weighted by atomic mass is 14.0. The summed E-state index contributed by atoms with van der Waals surface area (Å²) in [5.41, 5.74) is 2.66. The van der Waals surface area contributed by atoms with Crippen LogP contribution in [0.4, 0.5) is 0 Å². The van der Waals surface area contributed by atoms with Gasteiger partial charge in [-0.25, -0.2) is 0 Å². The van der Waals surface area contributed by atoms with Gasteiger partial charge in [-0.1, -0.05) is 54.6 Å². The third-order valence-electron chi connectivity index (χ3n) is 2.13. The molecule has 1 aromatic rings. The molecule has 3 rings (SSSR count). The summed E-state index contributed by atoms with van der Waals surface area (Å²) in [6, 6.07) is 8.36. The molecular formula is C14H12. The van der Waals surface area contributed by atoms with Crippen molar-refractivity contribution in [3.05, 3.63) is 72.2 Å². The van der Waals surface area contributed by atoms with Crippen LogP contribution in [0.2, 0.25) is 0 Å². The molecular weight excluding hydrogens is 168 g/mol. The predicted molar refractivity (Wildman–Crippen MR) is 60.4 cm³/mol. The lowest BCUT2D eigenvalue weighted by molar-refractivity contribution is 1.40. The molecule has 0 saturated carbocycles. The monoisotopic (exact) mass is 180 g/mol. The summed E-state index contributed by atoms with van der Waals surface area (Å²) in [7, 11) is 0. The summed E-state index contributed by atoms with van der Waals surface area (Å²) >= 11 is 0. The zero-order valence-corrected chi connectivity index (χ0v) is 7.98. The average Bonchev–Trinajstić information content (AvgIpc) is 2.92. The largest absolute Gasteiger partial charge is 0.0801 e. The number of hydrogen-bond acceptors (Lipinski definition) is 0. The molecule has 2 aliphatic carbocycles. The Bertz CT molecular complexity index is 371. The molecule has 0 aliphatic heterocycles. The van der Waals surface area contributed by atoms with Crippen LogP contribution in [-0.2, 0) is 0 Å². The molecule has 0 atom stereocenters. The van der Waals surface area contributed by atoms with E-state index in [-0.39, 0.29) is 0 Å². The van der Waals surface area contributed by atoms with Crippen LogP contribution in [0.25, 0.3) is 6.08 Å². The summed E-state index contributed by atoms with van der Waals surface area (Å²) < 4.78 is 0. The van der Waals surface area contributed by atoms with Crippen molar-refractivity contribution >= 4 is 6.08 Å². The Morgan fingerprint density at radius 1 is 1.00 bits per heavy atom. The van der Waals surface area contributed by atoms with Crippen molar-refractivity contribution in [2.24, 2.45) is 0 Å². The van der Waals surface area contributed by atoms with Crippen molar-refractivity contribution in [2.75, 3.05) is 0 Å². The minimum absolute atomic E-state index is 1.01. The Morgan fingerprint density at radius 3 is 2.43 bits per heavy atom. The van der Waals surface area contributed by atoms with Crippen LogP contribution >= 0.6 is 0 Å². The second kappa shape index (κ2) is 4.61. The molecule has 0 nitrogen and oxygen atoms in total. The molecule has 0 unspecified atom stereocenters. The molecule has 1 aromatic carbocycles. The first-order chi connectivity index (χ1) is 6.97. The third-order valence-corrected chi connectivity index (χ3v) is 2.13. The minimum Gasteiger partial charge on any atom is -0.0801 e. The first-order valence-electron chi connectivity index (χ1n) is 4.79. The molecule has 0 heteroatoms. The average molecular weight is 180 g/mol. The number of fused-ring (bicyclic) bond motifs is 1. The van der Waals surface area contributed by atoms with E-state index in [1.807, 2.05) is 12.2 Å². The fourth-order valence-electron chi connectivity index (χ4n) is 1.41. The highest BCUT2D eigenvalue weighted by Crippen LogP contribution is 2.19. The molecule has 14 heavy (non-hydrogen) atoms. The second-order valence-electron chi connectivity index (χ2n) is 3.16. The van der Waals surface area contributed by atoms with E-state index in [2.05, 4.69) is 55.0 Å². The molecule has 0 N–H and O–H groups in total. The second-order valence-corrected chi connectivity index (χ2v) is 3.16. The van der Waals surface area contributed by atoms with E-state index >= 15 is 0 Å². The summed E-state index contributed by atoms with van der Waals surface area (Å²) in [6.45, 7) is 0. The molecule has 0 spiro atoms. The molecule has 0 amide bonds. The fraction of sp³-hybridized carbons (Fsp3) is 0.0714. The first-order valence-corrected chi connectivity index (χ1v) is 4.79. The van der Waals surface area contributed by atoms with Gasteiger partial charge in [-0.05, 0) is 23.6 Å². The lowest BCUT2D eigenvalue weighted by atomic mass is 10.1. The zero-order valence-electron chi connectivity index (χ0n) is 7.98. The molecule has 0 fully saturated rings. The van der Waals surface area contributed by atoms with E-state index in [4.69, 9.17) is 0 Å². The van der Waals surface area contributed by atoms with Crippen LogP contribution in [0.15, 0.2) is 48.6 Å². The number of hydrogen-bond donors (Lipinski definition) is 0. The first kappa shape index (κ1) is 9.01. The Hall–Kier alpha value is -1.56. The van der Waals surface area contributed by atoms with Gasteiger partial charge in [0, 0.05) is 6.42 Å². The van der Waals surface area contributed by atoms with Crippen LogP contribution in [0.5, 0.6) is 0 Å². The highest BCUT2D eigenvalue weighted by molar-refractivity contribution is 5.64. The van der Waals surface area contributed by atoms with Crippen LogP contribution in [0.1, 0.15) is 17.5 Å². The van der Waals surface area contributed by atoms with Gasteiger partial charge in [0.25, 0.3) is 0 Å². The summed E-state index contributed by atoms with van der Waals surface area (Å²) in [4.78, 5) is 0. The number of allylic oxidation sites excluding steroid dienone is 5. The number of benzene rings is 1. The normalized spacial score (nSPS) is 15.1. The maximum Gasteiger partial charge on any atom is 0.0131 e. The topological polar surface area (TPSA) is 0 Å². The molecule has 0 bridgehead atoms. The molecule has 2 radical (unpaired) electrons.